The summed E-state index contributed by atoms with van der Waals surface area (Å²) in [5.41, 5.74) is 17.1. The maximum absolute atomic E-state index is 2.78. The molecule has 0 unspecified atom stereocenters. The minimum absolute atomic E-state index is 1.20. The van der Waals surface area contributed by atoms with Gasteiger partial charge in [0.15, 0.2) is 8.07 Å². The van der Waals surface area contributed by atoms with Crippen molar-refractivity contribution in [3.8, 4) is 77.9 Å². The van der Waals surface area contributed by atoms with E-state index < -0.39 is 8.07 Å². The summed E-state index contributed by atoms with van der Waals surface area (Å²) >= 11 is 0. The van der Waals surface area contributed by atoms with Crippen LogP contribution in [-0.4, -0.2) is 8.07 Å². The van der Waals surface area contributed by atoms with E-state index in [1.165, 1.54) is 120 Å². The maximum Gasteiger partial charge on any atom is 0.180 e. The fourth-order valence-electron chi connectivity index (χ4n) is 11.1. The number of fused-ring (bicyclic) bond motifs is 5. The van der Waals surface area contributed by atoms with Gasteiger partial charge in [-0.3, -0.25) is 0 Å². The van der Waals surface area contributed by atoms with Crippen molar-refractivity contribution in [2.24, 2.45) is 0 Å². The van der Waals surface area contributed by atoms with Crippen molar-refractivity contribution in [1.82, 2.24) is 0 Å². The number of hydrogen-bond acceptors (Lipinski definition) is 0. The molecule has 322 valence electrons. The molecule has 0 saturated heterocycles. The van der Waals surface area contributed by atoms with Crippen molar-refractivity contribution in [3.05, 3.63) is 279 Å². The van der Waals surface area contributed by atoms with E-state index in [-0.39, 0.29) is 0 Å². The summed E-state index contributed by atoms with van der Waals surface area (Å²) in [4.78, 5) is 0. The Morgan fingerprint density at radius 2 is 0.464 bits per heavy atom. The summed E-state index contributed by atoms with van der Waals surface area (Å²) in [6.07, 6.45) is 0. The van der Waals surface area contributed by atoms with Crippen LogP contribution in [0.1, 0.15) is 0 Å². The van der Waals surface area contributed by atoms with Gasteiger partial charge in [0.05, 0.1) is 0 Å². The molecular weight excluding hydrogens is 845 g/mol. The molecule has 12 aromatic carbocycles. The number of benzene rings is 12. The van der Waals surface area contributed by atoms with Crippen LogP contribution in [0, 0.1) is 0 Å². The minimum Gasteiger partial charge on any atom is -0.0623 e. The average molecular weight is 891 g/mol. The summed E-state index contributed by atoms with van der Waals surface area (Å²) in [5, 5.41) is 10.6. The van der Waals surface area contributed by atoms with Crippen molar-refractivity contribution in [1.29, 1.82) is 0 Å². The van der Waals surface area contributed by atoms with Gasteiger partial charge < -0.3 is 0 Å². The summed E-state index contributed by atoms with van der Waals surface area (Å²) in [6, 6.07) is 104. The Kier molecular flexibility index (Phi) is 9.96. The molecule has 13 rings (SSSR count). The minimum atomic E-state index is -2.78. The molecule has 0 fully saturated rings. The third-order valence-corrected chi connectivity index (χ3v) is 19.4. The molecule has 0 aliphatic carbocycles. The third kappa shape index (κ3) is 7.15. The highest BCUT2D eigenvalue weighted by molar-refractivity contribution is 7.22. The molecular formula is C68H46Si. The van der Waals surface area contributed by atoms with Gasteiger partial charge in [0, 0.05) is 0 Å². The van der Waals surface area contributed by atoms with E-state index in [4.69, 9.17) is 0 Å². The second-order valence-corrected chi connectivity index (χ2v) is 22.2. The average Bonchev–Trinajstić information content (AvgIpc) is 3.73. The Morgan fingerprint density at radius 1 is 0.174 bits per heavy atom. The SMILES string of the molecule is c1ccc(-c2cc(-c3ccc4c(c3)-c3cc(-c5cc(-c6ccccc6)cc(-c6ccc7ccccc7c6)c5)ccc3[Si]4(c3ccccc3)c3ccccc3)cc(-c3ccc4ccccc4c3)c2)cc1. The molecule has 69 heavy (non-hydrogen) atoms. The number of rotatable bonds is 8. The highest BCUT2D eigenvalue weighted by atomic mass is 28.3. The molecule has 12 aromatic rings. The highest BCUT2D eigenvalue weighted by Gasteiger charge is 2.48. The topological polar surface area (TPSA) is 0 Å². The smallest absolute Gasteiger partial charge is 0.0623 e. The van der Waals surface area contributed by atoms with Gasteiger partial charge in [-0.1, -0.05) is 218 Å². The van der Waals surface area contributed by atoms with Crippen molar-refractivity contribution < 1.29 is 0 Å². The first-order valence-corrected chi connectivity index (χ1v) is 26.0. The van der Waals surface area contributed by atoms with Crippen molar-refractivity contribution in [3.63, 3.8) is 0 Å². The van der Waals surface area contributed by atoms with E-state index in [2.05, 4.69) is 279 Å². The van der Waals surface area contributed by atoms with Gasteiger partial charge in [-0.05, 0) is 181 Å². The van der Waals surface area contributed by atoms with Crippen LogP contribution < -0.4 is 20.7 Å². The molecule has 0 atom stereocenters. The molecule has 0 bridgehead atoms. The van der Waals surface area contributed by atoms with Gasteiger partial charge in [-0.15, -0.1) is 0 Å². The van der Waals surface area contributed by atoms with Crippen molar-refractivity contribution in [2.75, 3.05) is 0 Å². The summed E-state index contributed by atoms with van der Waals surface area (Å²) in [7, 11) is -2.78. The van der Waals surface area contributed by atoms with Crippen molar-refractivity contribution in [2.45, 2.75) is 0 Å². The van der Waals surface area contributed by atoms with Gasteiger partial charge in [0.1, 0.15) is 0 Å². The Bertz CT molecular complexity index is 3620. The Morgan fingerprint density at radius 3 is 0.841 bits per heavy atom. The summed E-state index contributed by atoms with van der Waals surface area (Å²) < 4.78 is 0. The molecule has 0 radical (unpaired) electrons. The largest absolute Gasteiger partial charge is 0.180 e. The first-order chi connectivity index (χ1) is 34.2. The van der Waals surface area contributed by atoms with Gasteiger partial charge in [-0.2, -0.15) is 0 Å². The predicted octanol–water partition coefficient (Wildman–Crippen LogP) is 15.4. The third-order valence-electron chi connectivity index (χ3n) is 14.5. The van der Waals surface area contributed by atoms with Gasteiger partial charge in [0.25, 0.3) is 0 Å². The van der Waals surface area contributed by atoms with Crippen LogP contribution >= 0.6 is 0 Å². The van der Waals surface area contributed by atoms with E-state index in [0.29, 0.717) is 0 Å². The molecule has 0 nitrogen and oxygen atoms in total. The molecule has 1 heteroatoms. The lowest BCUT2D eigenvalue weighted by Gasteiger charge is -2.31. The lowest BCUT2D eigenvalue weighted by Crippen LogP contribution is -2.72. The van der Waals surface area contributed by atoms with Crippen LogP contribution in [-0.2, 0) is 0 Å². The van der Waals surface area contributed by atoms with E-state index in [0.717, 1.165) is 0 Å². The van der Waals surface area contributed by atoms with Gasteiger partial charge >= 0.3 is 0 Å². The van der Waals surface area contributed by atoms with E-state index in [9.17, 15) is 0 Å². The Balaban J connectivity index is 1.04. The second kappa shape index (κ2) is 16.9. The summed E-state index contributed by atoms with van der Waals surface area (Å²) in [6.45, 7) is 0. The lowest BCUT2D eigenvalue weighted by atomic mass is 9.90. The normalized spacial score (nSPS) is 12.5. The van der Waals surface area contributed by atoms with E-state index >= 15 is 0 Å². The maximum atomic E-state index is 2.51. The van der Waals surface area contributed by atoms with Crippen LogP contribution in [0.2, 0.25) is 0 Å². The van der Waals surface area contributed by atoms with Gasteiger partial charge in [0.2, 0.25) is 0 Å². The lowest BCUT2D eigenvalue weighted by molar-refractivity contribution is 1.57. The molecule has 0 N–H and O–H groups in total. The van der Waals surface area contributed by atoms with E-state index in [1.807, 2.05) is 0 Å². The highest BCUT2D eigenvalue weighted by Crippen LogP contribution is 2.40. The van der Waals surface area contributed by atoms with Crippen LogP contribution in [0.25, 0.3) is 99.4 Å². The molecule has 0 spiro atoms. The van der Waals surface area contributed by atoms with Crippen LogP contribution in [0.15, 0.2) is 279 Å². The second-order valence-electron chi connectivity index (χ2n) is 18.5. The number of hydrogen-bond donors (Lipinski definition) is 0. The fourth-order valence-corrected chi connectivity index (χ4v) is 16.3. The zero-order chi connectivity index (χ0) is 45.7. The van der Waals surface area contributed by atoms with Gasteiger partial charge in [-0.25, -0.2) is 0 Å². The fraction of sp³-hybridized carbons (Fsp3) is 0. The molecule has 1 aliphatic heterocycles. The molecule has 1 aliphatic rings. The quantitative estimate of drug-likeness (QED) is 0.133. The molecule has 0 aromatic heterocycles. The van der Waals surface area contributed by atoms with E-state index in [1.54, 1.807) is 0 Å². The monoisotopic (exact) mass is 890 g/mol. The Hall–Kier alpha value is -8.62. The molecule has 0 amide bonds. The van der Waals surface area contributed by atoms with Crippen LogP contribution in [0.4, 0.5) is 0 Å². The van der Waals surface area contributed by atoms with Crippen LogP contribution in [0.3, 0.4) is 0 Å². The molecule has 0 saturated carbocycles. The van der Waals surface area contributed by atoms with Crippen LogP contribution in [0.5, 0.6) is 0 Å². The zero-order valence-corrected chi connectivity index (χ0v) is 39.1. The molecule has 1 heterocycles. The zero-order valence-electron chi connectivity index (χ0n) is 38.1. The first kappa shape index (κ1) is 40.6. The first-order valence-electron chi connectivity index (χ1n) is 24.0. The predicted molar refractivity (Wildman–Crippen MR) is 297 cm³/mol. The van der Waals surface area contributed by atoms with Crippen molar-refractivity contribution >= 4 is 50.4 Å². The standard InChI is InChI=1S/C68H46Si/c1-5-17-47(18-6-1)57-39-59(53-31-29-49-21-13-15-23-51(49)37-53)43-61(41-57)55-33-35-67-65(45-55)66-46-56(34-36-68(66)69(67,63-25-9-3-10-26-63)64-27-11-4-12-28-64)62-42-58(48-19-7-2-8-20-48)40-60(44-62)54-32-30-50-22-14-16-24-52(50)38-54/h1-46H. The Labute approximate surface area is 405 Å². The summed E-state index contributed by atoms with van der Waals surface area (Å²) in [5.74, 6) is 0.